The zero-order chi connectivity index (χ0) is 25.7. The van der Waals surface area contributed by atoms with Crippen molar-refractivity contribution in [1.82, 2.24) is 4.74 Å². The van der Waals surface area contributed by atoms with Gasteiger partial charge < -0.3 is 9.63 Å². The molecule has 0 aliphatic rings. The van der Waals surface area contributed by atoms with Gasteiger partial charge in [0.15, 0.2) is 9.84 Å². The van der Waals surface area contributed by atoms with Crippen molar-refractivity contribution in [3.05, 3.63) is 28.1 Å². The molecule has 198 valence electrons. The number of nitrogens with zero attached hydrogens (tertiary/aromatic N) is 1. The second-order valence-corrected chi connectivity index (χ2v) is 11.8. The van der Waals surface area contributed by atoms with Crippen LogP contribution >= 0.6 is 0 Å². The SMILES string of the molecule is CCCCCCCCCCCCCCCCCCS(=O)(=O)c1cc(C(=O)O)c2c(c1)c(=O)on2C. The molecule has 1 aromatic carbocycles. The van der Waals surface area contributed by atoms with Crippen molar-refractivity contribution in [3.8, 4) is 0 Å². The number of carbonyl (C=O) groups is 1. The first kappa shape index (κ1) is 29.1. The molecule has 2 aromatic rings. The number of rotatable bonds is 19. The summed E-state index contributed by atoms with van der Waals surface area (Å²) < 4.78 is 31.6. The van der Waals surface area contributed by atoms with E-state index in [4.69, 9.17) is 4.52 Å². The Labute approximate surface area is 209 Å². The quantitative estimate of drug-likeness (QED) is 0.207. The molecule has 0 saturated carbocycles. The number of aryl methyl sites for hydroxylation is 1. The monoisotopic (exact) mass is 509 g/mol. The van der Waals surface area contributed by atoms with Crippen LogP contribution in [0.5, 0.6) is 0 Å². The number of hydrogen-bond acceptors (Lipinski definition) is 5. The topological polar surface area (TPSA) is 107 Å². The fraction of sp³-hybridized carbons (Fsp3) is 0.704. The van der Waals surface area contributed by atoms with Gasteiger partial charge in [-0.2, -0.15) is 0 Å². The van der Waals surface area contributed by atoms with E-state index in [9.17, 15) is 23.1 Å². The first-order valence-corrected chi connectivity index (χ1v) is 15.0. The highest BCUT2D eigenvalue weighted by Gasteiger charge is 2.23. The molecule has 8 heteroatoms. The van der Waals surface area contributed by atoms with Gasteiger partial charge in [-0.05, 0) is 18.6 Å². The molecule has 0 atom stereocenters. The summed E-state index contributed by atoms with van der Waals surface area (Å²) in [6, 6.07) is 2.36. The normalized spacial score (nSPS) is 11.9. The Hall–Kier alpha value is -2.09. The largest absolute Gasteiger partial charge is 0.478 e. The van der Waals surface area contributed by atoms with Crippen LogP contribution in [-0.2, 0) is 16.9 Å². The summed E-state index contributed by atoms with van der Waals surface area (Å²) in [6.45, 7) is 2.25. The van der Waals surface area contributed by atoms with Crippen molar-refractivity contribution in [2.75, 3.05) is 5.75 Å². The van der Waals surface area contributed by atoms with E-state index >= 15 is 0 Å². The zero-order valence-electron chi connectivity index (χ0n) is 21.5. The van der Waals surface area contributed by atoms with E-state index in [1.54, 1.807) is 0 Å². The average Bonchev–Trinajstić information content (AvgIpc) is 3.11. The molecule has 0 bridgehead atoms. The molecule has 0 fully saturated rings. The Morgan fingerprint density at radius 2 is 1.29 bits per heavy atom. The molecule has 0 aliphatic heterocycles. The predicted octanol–water partition coefficient (Wildman–Crippen LogP) is 6.86. The van der Waals surface area contributed by atoms with Crippen LogP contribution in [0, 0.1) is 0 Å². The lowest BCUT2D eigenvalue weighted by Crippen LogP contribution is -2.10. The number of carboxylic acids is 1. The first-order chi connectivity index (χ1) is 16.8. The molecule has 1 N–H and O–H groups in total. The van der Waals surface area contributed by atoms with Gasteiger partial charge in [-0.15, -0.1) is 0 Å². The minimum absolute atomic E-state index is 0.0297. The van der Waals surface area contributed by atoms with Crippen molar-refractivity contribution in [2.24, 2.45) is 7.05 Å². The second kappa shape index (κ2) is 15.1. The molecule has 7 nitrogen and oxygen atoms in total. The van der Waals surface area contributed by atoms with E-state index < -0.39 is 21.4 Å². The Balaban J connectivity index is 1.63. The van der Waals surface area contributed by atoms with Crippen molar-refractivity contribution in [1.29, 1.82) is 0 Å². The first-order valence-electron chi connectivity index (χ1n) is 13.4. The van der Waals surface area contributed by atoms with Crippen LogP contribution in [0.2, 0.25) is 0 Å². The minimum atomic E-state index is -3.69. The Morgan fingerprint density at radius 1 is 0.829 bits per heavy atom. The number of aromatic nitrogens is 1. The van der Waals surface area contributed by atoms with Crippen LogP contribution in [0.25, 0.3) is 10.9 Å². The van der Waals surface area contributed by atoms with E-state index in [0.717, 1.165) is 30.1 Å². The molecule has 0 saturated heterocycles. The van der Waals surface area contributed by atoms with Gasteiger partial charge >= 0.3 is 11.6 Å². The van der Waals surface area contributed by atoms with Crippen LogP contribution in [0.4, 0.5) is 0 Å². The van der Waals surface area contributed by atoms with Gasteiger partial charge in [0, 0.05) is 7.05 Å². The van der Waals surface area contributed by atoms with Gasteiger partial charge in [0.25, 0.3) is 0 Å². The third kappa shape index (κ3) is 9.47. The van der Waals surface area contributed by atoms with Gasteiger partial charge in [-0.3, -0.25) is 0 Å². The predicted molar refractivity (Wildman–Crippen MR) is 140 cm³/mol. The minimum Gasteiger partial charge on any atom is -0.478 e. The number of aromatic carboxylic acids is 1. The Bertz CT molecular complexity index is 1080. The summed E-state index contributed by atoms with van der Waals surface area (Å²) in [5, 5.41) is 9.45. The number of benzene rings is 1. The average molecular weight is 510 g/mol. The lowest BCUT2D eigenvalue weighted by atomic mass is 10.0. The highest BCUT2D eigenvalue weighted by atomic mass is 32.2. The number of fused-ring (bicyclic) bond motifs is 1. The molecule has 1 aromatic heterocycles. The fourth-order valence-electron chi connectivity index (χ4n) is 4.62. The maximum atomic E-state index is 12.8. The molecular formula is C27H43NO6S. The number of unbranched alkanes of at least 4 members (excludes halogenated alkanes) is 15. The maximum absolute atomic E-state index is 12.8. The van der Waals surface area contributed by atoms with Gasteiger partial charge in [0.2, 0.25) is 0 Å². The molecule has 35 heavy (non-hydrogen) atoms. The van der Waals surface area contributed by atoms with Crippen molar-refractivity contribution in [2.45, 2.75) is 115 Å². The van der Waals surface area contributed by atoms with Gasteiger partial charge in [0.05, 0.1) is 21.6 Å². The standard InChI is InChI=1S/C27H43NO6S/c1-3-4-5-6-7-8-9-10-11-12-13-14-15-16-17-18-19-35(32,33)22-20-23(26(29)30)25-24(21-22)27(31)34-28(25)2/h20-21H,3-19H2,1-2H3,(H,29,30). The van der Waals surface area contributed by atoms with Gasteiger partial charge in [-0.1, -0.05) is 103 Å². The molecular weight excluding hydrogens is 466 g/mol. The van der Waals surface area contributed by atoms with Crippen molar-refractivity contribution in [3.63, 3.8) is 0 Å². The molecule has 0 spiro atoms. The molecule has 2 rings (SSSR count). The summed E-state index contributed by atoms with van der Waals surface area (Å²) in [5.74, 6) is -1.36. The van der Waals surface area contributed by atoms with Crippen LogP contribution in [0.3, 0.4) is 0 Å². The Morgan fingerprint density at radius 3 is 1.74 bits per heavy atom. The van der Waals surface area contributed by atoms with Crippen LogP contribution in [-0.4, -0.2) is 30.0 Å². The smallest absolute Gasteiger partial charge is 0.365 e. The van der Waals surface area contributed by atoms with E-state index in [0.29, 0.717) is 6.42 Å². The lowest BCUT2D eigenvalue weighted by Gasteiger charge is -2.07. The van der Waals surface area contributed by atoms with E-state index in [-0.39, 0.29) is 27.1 Å². The highest BCUT2D eigenvalue weighted by Crippen LogP contribution is 2.24. The van der Waals surface area contributed by atoms with Crippen molar-refractivity contribution < 1.29 is 22.8 Å². The number of sulfone groups is 1. The van der Waals surface area contributed by atoms with Crippen molar-refractivity contribution >= 4 is 26.7 Å². The molecule has 0 unspecified atom stereocenters. The van der Waals surface area contributed by atoms with E-state index in [1.165, 1.54) is 90.2 Å². The second-order valence-electron chi connectivity index (χ2n) is 9.67. The summed E-state index contributed by atoms with van der Waals surface area (Å²) in [6.07, 6.45) is 19.4. The summed E-state index contributed by atoms with van der Waals surface area (Å²) in [4.78, 5) is 23.5. The van der Waals surface area contributed by atoms with Crippen LogP contribution in [0.1, 0.15) is 120 Å². The van der Waals surface area contributed by atoms with Gasteiger partial charge in [0.1, 0.15) is 5.52 Å². The third-order valence-corrected chi connectivity index (χ3v) is 8.47. The van der Waals surface area contributed by atoms with E-state index in [1.807, 2.05) is 0 Å². The van der Waals surface area contributed by atoms with Crippen LogP contribution in [0.15, 0.2) is 26.3 Å². The fourth-order valence-corrected chi connectivity index (χ4v) is 6.04. The molecule has 0 radical (unpaired) electrons. The molecule has 0 aliphatic carbocycles. The van der Waals surface area contributed by atoms with Gasteiger partial charge in [-0.25, -0.2) is 22.7 Å². The van der Waals surface area contributed by atoms with E-state index in [2.05, 4.69) is 6.92 Å². The van der Waals surface area contributed by atoms with Crippen LogP contribution < -0.4 is 5.63 Å². The highest BCUT2D eigenvalue weighted by molar-refractivity contribution is 7.91. The summed E-state index contributed by atoms with van der Waals surface area (Å²) in [5.41, 5.74) is -0.908. The summed E-state index contributed by atoms with van der Waals surface area (Å²) in [7, 11) is -2.27. The third-order valence-electron chi connectivity index (χ3n) is 6.69. The zero-order valence-corrected chi connectivity index (χ0v) is 22.3. The Kier molecular flexibility index (Phi) is 12.6. The number of carboxylic acid groups (broad SMARTS) is 1. The molecule has 1 heterocycles. The molecule has 0 amide bonds. The summed E-state index contributed by atoms with van der Waals surface area (Å²) >= 11 is 0. The maximum Gasteiger partial charge on any atom is 0.365 e. The number of hydrogen-bond donors (Lipinski definition) is 1. The lowest BCUT2D eigenvalue weighted by molar-refractivity contribution is 0.0697.